The van der Waals surface area contributed by atoms with Gasteiger partial charge >= 0.3 is 0 Å². The van der Waals surface area contributed by atoms with Crippen LogP contribution in [0.3, 0.4) is 0 Å². The van der Waals surface area contributed by atoms with Gasteiger partial charge in [-0.2, -0.15) is 0 Å². The molecule has 0 saturated heterocycles. The lowest BCUT2D eigenvalue weighted by molar-refractivity contribution is 0.130. The SMILES string of the molecule is CCOc1cc(Oc2ccc(S(C)(=O)=O)nc2)cc(-c2ccc(C3=NC[C@H](CO)O3)[nH]2)c1. The van der Waals surface area contributed by atoms with Crippen LogP contribution >= 0.6 is 0 Å². The molecule has 1 aromatic carbocycles. The summed E-state index contributed by atoms with van der Waals surface area (Å²) in [5.74, 6) is 1.98. The van der Waals surface area contributed by atoms with Crippen LogP contribution < -0.4 is 9.47 Å². The number of hydrogen-bond acceptors (Lipinski definition) is 8. The Morgan fingerprint density at radius 2 is 1.91 bits per heavy atom. The lowest BCUT2D eigenvalue weighted by atomic mass is 10.1. The van der Waals surface area contributed by atoms with Crippen LogP contribution in [0.2, 0.25) is 0 Å². The predicted molar refractivity (Wildman–Crippen MR) is 118 cm³/mol. The normalized spacial score (nSPS) is 15.8. The van der Waals surface area contributed by atoms with Crippen LogP contribution in [0.25, 0.3) is 11.3 Å². The van der Waals surface area contributed by atoms with Crippen LogP contribution in [0.1, 0.15) is 12.6 Å². The summed E-state index contributed by atoms with van der Waals surface area (Å²) >= 11 is 0. The first-order valence-electron chi connectivity index (χ1n) is 9.99. The molecule has 0 unspecified atom stereocenters. The Balaban J connectivity index is 1.60. The molecule has 0 aliphatic carbocycles. The Bertz CT molecular complexity index is 1230. The van der Waals surface area contributed by atoms with Crippen molar-refractivity contribution in [1.82, 2.24) is 9.97 Å². The van der Waals surface area contributed by atoms with Gasteiger partial charge in [-0.15, -0.1) is 0 Å². The molecule has 10 heteroatoms. The van der Waals surface area contributed by atoms with E-state index >= 15 is 0 Å². The Kier molecular flexibility index (Phi) is 6.15. The predicted octanol–water partition coefficient (Wildman–Crippen LogP) is 2.81. The summed E-state index contributed by atoms with van der Waals surface area (Å²) in [6.45, 7) is 2.71. The van der Waals surface area contributed by atoms with E-state index in [0.717, 1.165) is 17.5 Å². The summed E-state index contributed by atoms with van der Waals surface area (Å²) in [6, 6.07) is 12.2. The van der Waals surface area contributed by atoms with Crippen molar-refractivity contribution in [3.8, 4) is 28.5 Å². The number of nitrogens with zero attached hydrogens (tertiary/aromatic N) is 2. The van der Waals surface area contributed by atoms with E-state index in [-0.39, 0.29) is 17.7 Å². The Morgan fingerprint density at radius 3 is 2.56 bits per heavy atom. The van der Waals surface area contributed by atoms with Gasteiger partial charge in [-0.05, 0) is 43.3 Å². The van der Waals surface area contributed by atoms with Gasteiger partial charge in [-0.25, -0.2) is 18.4 Å². The number of rotatable bonds is 8. The van der Waals surface area contributed by atoms with Crippen LogP contribution in [0, 0.1) is 0 Å². The van der Waals surface area contributed by atoms with Gasteiger partial charge in [0.25, 0.3) is 0 Å². The minimum atomic E-state index is -3.38. The van der Waals surface area contributed by atoms with Crippen LogP contribution in [-0.2, 0) is 14.6 Å². The standard InChI is InChI=1S/C22H23N3O6S/c1-3-29-16-8-14(19-5-6-20(25-19)22-24-12-18(13-26)31-22)9-17(10-16)30-15-4-7-21(23-11-15)32(2,27)28/h4-11,18,25-26H,3,12-13H2,1-2H3/t18-/m1/s1. The third kappa shape index (κ3) is 4.92. The molecule has 1 aliphatic rings. The highest BCUT2D eigenvalue weighted by Gasteiger charge is 2.21. The number of aromatic amines is 1. The zero-order valence-electron chi connectivity index (χ0n) is 17.6. The molecule has 0 spiro atoms. The van der Waals surface area contributed by atoms with Crippen molar-refractivity contribution in [2.24, 2.45) is 4.99 Å². The van der Waals surface area contributed by atoms with Gasteiger partial charge in [0.15, 0.2) is 14.9 Å². The maximum Gasteiger partial charge on any atom is 0.233 e. The van der Waals surface area contributed by atoms with Gasteiger partial charge in [-0.3, -0.25) is 0 Å². The molecule has 3 aromatic rings. The van der Waals surface area contributed by atoms with E-state index in [1.54, 1.807) is 12.1 Å². The van der Waals surface area contributed by atoms with Gasteiger partial charge in [0.2, 0.25) is 5.90 Å². The number of pyridine rings is 1. The molecule has 0 bridgehead atoms. The number of sulfone groups is 1. The number of aliphatic hydroxyl groups excluding tert-OH is 1. The van der Waals surface area contributed by atoms with Crippen LogP contribution in [0.5, 0.6) is 17.2 Å². The minimum absolute atomic E-state index is 0.0204. The lowest BCUT2D eigenvalue weighted by Crippen LogP contribution is -2.17. The third-order valence-electron chi connectivity index (χ3n) is 4.66. The van der Waals surface area contributed by atoms with E-state index < -0.39 is 9.84 Å². The summed E-state index contributed by atoms with van der Waals surface area (Å²) < 4.78 is 40.4. The zero-order valence-corrected chi connectivity index (χ0v) is 18.4. The molecule has 9 nitrogen and oxygen atoms in total. The Labute approximate surface area is 185 Å². The van der Waals surface area contributed by atoms with Crippen molar-refractivity contribution in [2.45, 2.75) is 18.1 Å². The van der Waals surface area contributed by atoms with Crippen molar-refractivity contribution in [2.75, 3.05) is 26.0 Å². The number of aliphatic imine (C=N–C) groups is 1. The Hall–Kier alpha value is -3.37. The largest absolute Gasteiger partial charge is 0.494 e. The van der Waals surface area contributed by atoms with Crippen molar-refractivity contribution in [3.63, 3.8) is 0 Å². The molecule has 1 atom stereocenters. The van der Waals surface area contributed by atoms with Gasteiger partial charge in [0, 0.05) is 23.6 Å². The highest BCUT2D eigenvalue weighted by Crippen LogP contribution is 2.32. The fourth-order valence-electron chi connectivity index (χ4n) is 3.17. The van der Waals surface area contributed by atoms with Crippen LogP contribution in [-0.4, -0.2) is 61.5 Å². The first-order valence-corrected chi connectivity index (χ1v) is 11.9. The second-order valence-corrected chi connectivity index (χ2v) is 9.15. The first kappa shape index (κ1) is 21.8. The summed E-state index contributed by atoms with van der Waals surface area (Å²) in [7, 11) is -3.38. The smallest absolute Gasteiger partial charge is 0.233 e. The van der Waals surface area contributed by atoms with Gasteiger partial charge in [0.05, 0.1) is 26.0 Å². The molecular weight excluding hydrogens is 434 g/mol. The van der Waals surface area contributed by atoms with Gasteiger partial charge < -0.3 is 24.3 Å². The highest BCUT2D eigenvalue weighted by molar-refractivity contribution is 7.90. The molecule has 32 heavy (non-hydrogen) atoms. The van der Waals surface area contributed by atoms with Crippen molar-refractivity contribution in [1.29, 1.82) is 0 Å². The molecule has 2 aromatic heterocycles. The van der Waals surface area contributed by atoms with E-state index in [9.17, 15) is 13.5 Å². The number of hydrogen-bond donors (Lipinski definition) is 2. The third-order valence-corrected chi connectivity index (χ3v) is 5.67. The number of benzene rings is 1. The van der Waals surface area contributed by atoms with Crippen LogP contribution in [0.4, 0.5) is 0 Å². The maximum absolute atomic E-state index is 11.6. The summed E-state index contributed by atoms with van der Waals surface area (Å²) in [4.78, 5) is 11.5. The molecule has 4 rings (SSSR count). The molecular formula is C22H23N3O6S. The summed E-state index contributed by atoms with van der Waals surface area (Å²) in [5, 5.41) is 9.21. The van der Waals surface area contributed by atoms with Crippen LogP contribution in [0.15, 0.2) is 58.7 Å². The fraction of sp³-hybridized carbons (Fsp3) is 0.273. The van der Waals surface area contributed by atoms with E-state index in [4.69, 9.17) is 14.2 Å². The zero-order chi connectivity index (χ0) is 22.7. The van der Waals surface area contributed by atoms with Gasteiger partial charge in [0.1, 0.15) is 29.0 Å². The molecule has 168 valence electrons. The monoisotopic (exact) mass is 457 g/mol. The molecule has 1 aliphatic heterocycles. The summed E-state index contributed by atoms with van der Waals surface area (Å²) in [5.41, 5.74) is 2.33. The average molecular weight is 458 g/mol. The molecule has 0 radical (unpaired) electrons. The number of aliphatic hydroxyl groups is 1. The van der Waals surface area contributed by atoms with Crippen molar-refractivity contribution in [3.05, 3.63) is 54.4 Å². The second-order valence-electron chi connectivity index (χ2n) is 7.19. The Morgan fingerprint density at radius 1 is 1.12 bits per heavy atom. The average Bonchev–Trinajstić information content (AvgIpc) is 3.43. The highest BCUT2D eigenvalue weighted by atomic mass is 32.2. The van der Waals surface area contributed by atoms with Gasteiger partial charge in [-0.1, -0.05) is 0 Å². The molecule has 3 heterocycles. The molecule has 0 saturated carbocycles. The number of aromatic nitrogens is 2. The van der Waals surface area contributed by atoms with Crippen molar-refractivity contribution >= 4 is 15.7 Å². The summed E-state index contributed by atoms with van der Waals surface area (Å²) in [6.07, 6.45) is 2.15. The fourth-order valence-corrected chi connectivity index (χ4v) is 3.73. The molecule has 0 amide bonds. The quantitative estimate of drug-likeness (QED) is 0.533. The molecule has 2 N–H and O–H groups in total. The topological polar surface area (TPSA) is 123 Å². The van der Waals surface area contributed by atoms with E-state index in [2.05, 4.69) is 15.0 Å². The second kappa shape index (κ2) is 9.01. The first-order chi connectivity index (χ1) is 15.4. The lowest BCUT2D eigenvalue weighted by Gasteiger charge is -2.11. The number of ether oxygens (including phenoxy) is 3. The van der Waals surface area contributed by atoms with Crippen molar-refractivity contribution < 1.29 is 27.7 Å². The minimum Gasteiger partial charge on any atom is -0.494 e. The number of H-pyrrole nitrogens is 1. The molecule has 0 fully saturated rings. The van der Waals surface area contributed by atoms with E-state index in [1.807, 2.05) is 31.2 Å². The van der Waals surface area contributed by atoms with E-state index in [0.29, 0.717) is 42.0 Å². The number of nitrogens with one attached hydrogen (secondary N) is 1. The maximum atomic E-state index is 11.6. The van der Waals surface area contributed by atoms with E-state index in [1.165, 1.54) is 12.3 Å².